The number of ether oxygens (including phenoxy) is 2. The van der Waals surface area contributed by atoms with Gasteiger partial charge in [-0.2, -0.15) is 0 Å². The third-order valence-corrected chi connectivity index (χ3v) is 4.04. The predicted octanol–water partition coefficient (Wildman–Crippen LogP) is 4.14. The van der Waals surface area contributed by atoms with Gasteiger partial charge in [0, 0.05) is 18.1 Å². The van der Waals surface area contributed by atoms with Crippen molar-refractivity contribution in [2.24, 2.45) is 10.3 Å². The van der Waals surface area contributed by atoms with Gasteiger partial charge in [0.1, 0.15) is 29.7 Å². The molecule has 2 aromatic rings. The van der Waals surface area contributed by atoms with Gasteiger partial charge >= 0.3 is 5.97 Å². The summed E-state index contributed by atoms with van der Waals surface area (Å²) >= 11 is 0. The third kappa shape index (κ3) is 6.75. The van der Waals surface area contributed by atoms with Crippen LogP contribution in [0, 0.1) is 12.0 Å². The van der Waals surface area contributed by atoms with Crippen LogP contribution in [-0.2, 0) is 30.6 Å². The van der Waals surface area contributed by atoms with Crippen molar-refractivity contribution in [2.75, 3.05) is 14.2 Å². The van der Waals surface area contributed by atoms with Crippen molar-refractivity contribution in [2.45, 2.75) is 20.5 Å². The fraction of sp³-hybridized carbons (Fsp3) is 0.208. The Labute approximate surface area is 181 Å². The first-order valence-electron chi connectivity index (χ1n) is 9.40. The molecular formula is C24H24N2O5. The van der Waals surface area contributed by atoms with E-state index in [1.54, 1.807) is 19.9 Å². The number of nitrogens with zero attached hydrogens (tertiary/aromatic N) is 2. The summed E-state index contributed by atoms with van der Waals surface area (Å²) in [6, 6.07) is 16.7. The average molecular weight is 420 g/mol. The van der Waals surface area contributed by atoms with Crippen LogP contribution < -0.4 is 0 Å². The first-order chi connectivity index (χ1) is 15.1. The largest absolute Gasteiger partial charge is 0.503 e. The lowest BCUT2D eigenvalue weighted by molar-refractivity contribution is -0.133. The highest BCUT2D eigenvalue weighted by Gasteiger charge is 2.17. The molecule has 160 valence electrons. The molecule has 7 heteroatoms. The van der Waals surface area contributed by atoms with E-state index in [-0.39, 0.29) is 12.2 Å². The van der Waals surface area contributed by atoms with Crippen LogP contribution in [0.1, 0.15) is 30.5 Å². The highest BCUT2D eigenvalue weighted by Crippen LogP contribution is 2.21. The summed E-state index contributed by atoms with van der Waals surface area (Å²) in [7, 11) is 2.78. The van der Waals surface area contributed by atoms with E-state index in [0.717, 1.165) is 11.1 Å². The zero-order valence-corrected chi connectivity index (χ0v) is 17.9. The quantitative estimate of drug-likeness (QED) is 0.152. The van der Waals surface area contributed by atoms with Crippen LogP contribution in [0.4, 0.5) is 0 Å². The first-order valence-corrected chi connectivity index (χ1v) is 9.40. The lowest BCUT2D eigenvalue weighted by Crippen LogP contribution is -2.13. The van der Waals surface area contributed by atoms with E-state index in [1.165, 1.54) is 20.5 Å². The Kier molecular flexibility index (Phi) is 9.37. The van der Waals surface area contributed by atoms with Crippen LogP contribution in [0.25, 0.3) is 5.57 Å². The van der Waals surface area contributed by atoms with Crippen molar-refractivity contribution in [3.05, 3.63) is 77.5 Å². The summed E-state index contributed by atoms with van der Waals surface area (Å²) in [6.45, 7) is 3.52. The minimum Gasteiger partial charge on any atom is -0.503 e. The fourth-order valence-electron chi connectivity index (χ4n) is 2.64. The van der Waals surface area contributed by atoms with E-state index in [9.17, 15) is 4.79 Å². The number of rotatable bonds is 9. The predicted molar refractivity (Wildman–Crippen MR) is 119 cm³/mol. The molecule has 0 aliphatic carbocycles. The van der Waals surface area contributed by atoms with Gasteiger partial charge in [-0.05, 0) is 12.5 Å². The molecule has 0 bridgehead atoms. The number of carbonyl (C=O) groups is 1. The van der Waals surface area contributed by atoms with Gasteiger partial charge in [-0.3, -0.25) is 0 Å². The first kappa shape index (κ1) is 23.2. The summed E-state index contributed by atoms with van der Waals surface area (Å²) in [4.78, 5) is 22.7. The van der Waals surface area contributed by atoms with Crippen molar-refractivity contribution >= 4 is 23.0 Å². The van der Waals surface area contributed by atoms with Crippen LogP contribution in [0.3, 0.4) is 0 Å². The lowest BCUT2D eigenvalue weighted by Gasteiger charge is -2.11. The SMILES string of the molecule is CC#CO/N=C(/C(C)=N/OCc1ccccc1/C(=C\OC)C(=O)OC)c1ccccc1. The van der Waals surface area contributed by atoms with Crippen molar-refractivity contribution in [1.82, 2.24) is 0 Å². The third-order valence-electron chi connectivity index (χ3n) is 4.04. The second-order valence-electron chi connectivity index (χ2n) is 6.12. The average Bonchev–Trinajstić information content (AvgIpc) is 2.81. The molecule has 0 saturated carbocycles. The molecule has 0 atom stereocenters. The Morgan fingerprint density at radius 1 is 1.03 bits per heavy atom. The van der Waals surface area contributed by atoms with E-state index < -0.39 is 5.97 Å². The normalized spacial score (nSPS) is 11.8. The van der Waals surface area contributed by atoms with Crippen molar-refractivity contribution in [1.29, 1.82) is 0 Å². The minimum atomic E-state index is -0.512. The number of benzene rings is 2. The second kappa shape index (κ2) is 12.5. The van der Waals surface area contributed by atoms with Crippen molar-refractivity contribution in [3.63, 3.8) is 0 Å². The van der Waals surface area contributed by atoms with Crippen LogP contribution in [0.2, 0.25) is 0 Å². The molecule has 0 fully saturated rings. The fourth-order valence-corrected chi connectivity index (χ4v) is 2.64. The van der Waals surface area contributed by atoms with E-state index in [1.807, 2.05) is 48.5 Å². The molecule has 0 aromatic heterocycles. The Balaban J connectivity index is 2.26. The summed E-state index contributed by atoms with van der Waals surface area (Å²) < 4.78 is 9.88. The molecule has 2 aromatic carbocycles. The standard InChI is InChI=1S/C24H24N2O5/c1-5-15-30-26-23(19-11-7-6-8-12-19)18(2)25-31-16-20-13-9-10-14-21(20)22(17-28-3)24(27)29-4/h6-14,17H,16H2,1-4H3/b22-17+,25-18+,26-23-. The van der Waals surface area contributed by atoms with E-state index >= 15 is 0 Å². The number of methoxy groups -OCH3 is 2. The molecule has 0 aliphatic rings. The van der Waals surface area contributed by atoms with Gasteiger partial charge in [0.05, 0.1) is 20.5 Å². The Bertz CT molecular complexity index is 1030. The van der Waals surface area contributed by atoms with Gasteiger partial charge < -0.3 is 19.1 Å². The van der Waals surface area contributed by atoms with Gasteiger partial charge in [-0.15, -0.1) is 0 Å². The van der Waals surface area contributed by atoms with E-state index in [0.29, 0.717) is 17.0 Å². The van der Waals surface area contributed by atoms with Crippen LogP contribution >= 0.6 is 0 Å². The molecular weight excluding hydrogens is 396 g/mol. The molecule has 0 unspecified atom stereocenters. The highest BCUT2D eigenvalue weighted by molar-refractivity contribution is 6.47. The maximum Gasteiger partial charge on any atom is 0.341 e. The summed E-state index contributed by atoms with van der Waals surface area (Å²) in [6.07, 6.45) is 3.78. The summed E-state index contributed by atoms with van der Waals surface area (Å²) in [5.74, 6) is 2.10. The number of oxime groups is 2. The van der Waals surface area contributed by atoms with Crippen LogP contribution in [0.15, 0.2) is 71.2 Å². The zero-order chi connectivity index (χ0) is 22.5. The number of esters is 1. The van der Waals surface area contributed by atoms with Gasteiger partial charge in [0.15, 0.2) is 0 Å². The lowest BCUT2D eigenvalue weighted by atomic mass is 10.0. The molecule has 0 spiro atoms. The van der Waals surface area contributed by atoms with E-state index in [2.05, 4.69) is 22.3 Å². The molecule has 0 amide bonds. The van der Waals surface area contributed by atoms with Gasteiger partial charge in [0.2, 0.25) is 0 Å². The second-order valence-corrected chi connectivity index (χ2v) is 6.12. The number of carbonyl (C=O) groups excluding carboxylic acids is 1. The highest BCUT2D eigenvalue weighted by atomic mass is 16.6. The topological polar surface area (TPSA) is 78.7 Å². The molecule has 0 radical (unpaired) electrons. The molecule has 31 heavy (non-hydrogen) atoms. The Hall–Kier alpha value is -4.05. The smallest absolute Gasteiger partial charge is 0.341 e. The molecule has 7 nitrogen and oxygen atoms in total. The molecule has 0 saturated heterocycles. The maximum atomic E-state index is 12.1. The van der Waals surface area contributed by atoms with Crippen LogP contribution in [-0.4, -0.2) is 31.6 Å². The van der Waals surface area contributed by atoms with Gasteiger partial charge in [-0.25, -0.2) is 4.79 Å². The molecule has 0 heterocycles. The zero-order valence-electron chi connectivity index (χ0n) is 17.9. The number of hydrogen-bond acceptors (Lipinski definition) is 7. The monoisotopic (exact) mass is 420 g/mol. The molecule has 0 N–H and O–H groups in total. The van der Waals surface area contributed by atoms with Crippen LogP contribution in [0.5, 0.6) is 0 Å². The maximum absolute atomic E-state index is 12.1. The van der Waals surface area contributed by atoms with Gasteiger partial charge in [-0.1, -0.05) is 70.8 Å². The minimum absolute atomic E-state index is 0.114. The van der Waals surface area contributed by atoms with Gasteiger partial charge in [0.25, 0.3) is 0 Å². The molecule has 2 rings (SSSR count). The number of hydrogen-bond donors (Lipinski definition) is 0. The summed E-state index contributed by atoms with van der Waals surface area (Å²) in [5, 5.41) is 8.24. The van der Waals surface area contributed by atoms with E-state index in [4.69, 9.17) is 19.1 Å². The van der Waals surface area contributed by atoms with Crippen molar-refractivity contribution < 1.29 is 23.9 Å². The Morgan fingerprint density at radius 3 is 2.42 bits per heavy atom. The molecule has 0 aliphatic heterocycles. The summed E-state index contributed by atoms with van der Waals surface area (Å²) in [5.41, 5.74) is 3.44. The van der Waals surface area contributed by atoms with Crippen molar-refractivity contribution in [3.8, 4) is 12.0 Å². The Morgan fingerprint density at radius 2 is 1.74 bits per heavy atom.